The minimum atomic E-state index is -1.11. The first-order valence-corrected chi connectivity index (χ1v) is 14.2. The van der Waals surface area contributed by atoms with Crippen molar-refractivity contribution in [3.63, 3.8) is 0 Å². The van der Waals surface area contributed by atoms with E-state index in [0.717, 1.165) is 41.5 Å². The first kappa shape index (κ1) is 31.6. The van der Waals surface area contributed by atoms with Crippen LogP contribution in [0.5, 0.6) is 0 Å². The molecule has 1 saturated carbocycles. The molecule has 2 aromatic carbocycles. The normalized spacial score (nSPS) is 14.8. The highest BCUT2D eigenvalue weighted by atomic mass is 16.6. The number of carbonyl (C=O) groups excluding carboxylic acids is 4. The molecule has 0 radical (unpaired) electrons. The van der Waals surface area contributed by atoms with Crippen LogP contribution in [0, 0.1) is 27.7 Å². The van der Waals surface area contributed by atoms with E-state index in [4.69, 9.17) is 10.5 Å². The molecule has 4 amide bonds. The summed E-state index contributed by atoms with van der Waals surface area (Å²) in [7, 11) is 0. The van der Waals surface area contributed by atoms with Crippen LogP contribution in [0.2, 0.25) is 0 Å². The van der Waals surface area contributed by atoms with Crippen molar-refractivity contribution < 1.29 is 23.9 Å². The maximum Gasteiger partial charge on any atom is 0.408 e. The molecule has 0 heterocycles. The second-order valence-electron chi connectivity index (χ2n) is 12.1. The number of ether oxygens (including phenoxy) is 1. The van der Waals surface area contributed by atoms with E-state index in [-0.39, 0.29) is 24.8 Å². The van der Waals surface area contributed by atoms with E-state index < -0.39 is 35.6 Å². The molecule has 1 fully saturated rings. The number of hydrogen-bond donors (Lipinski definition) is 3. The summed E-state index contributed by atoms with van der Waals surface area (Å²) in [4.78, 5) is 54.7. The molecular formula is C32H44N4O5. The van der Waals surface area contributed by atoms with Gasteiger partial charge in [0.05, 0.1) is 0 Å². The van der Waals surface area contributed by atoms with E-state index in [2.05, 4.69) is 10.6 Å². The molecule has 0 spiro atoms. The summed E-state index contributed by atoms with van der Waals surface area (Å²) in [6.07, 6.45) is 1.44. The molecule has 2 unspecified atom stereocenters. The third-order valence-electron chi connectivity index (χ3n) is 7.37. The van der Waals surface area contributed by atoms with Gasteiger partial charge in [0.1, 0.15) is 17.7 Å². The molecule has 9 heteroatoms. The van der Waals surface area contributed by atoms with Crippen LogP contribution in [-0.4, -0.2) is 46.4 Å². The van der Waals surface area contributed by atoms with Crippen molar-refractivity contribution in [3.8, 4) is 0 Å². The van der Waals surface area contributed by atoms with E-state index in [1.54, 1.807) is 25.7 Å². The summed E-state index contributed by atoms with van der Waals surface area (Å²) in [5, 5.41) is 5.76. The van der Waals surface area contributed by atoms with Crippen molar-refractivity contribution >= 4 is 29.5 Å². The fourth-order valence-electron chi connectivity index (χ4n) is 5.11. The van der Waals surface area contributed by atoms with Gasteiger partial charge in [0.2, 0.25) is 11.8 Å². The van der Waals surface area contributed by atoms with Crippen molar-refractivity contribution in [3.05, 3.63) is 64.2 Å². The maximum atomic E-state index is 14.4. The summed E-state index contributed by atoms with van der Waals surface area (Å²) < 4.78 is 5.42. The Balaban J connectivity index is 2.09. The first-order valence-electron chi connectivity index (χ1n) is 14.2. The Hall–Kier alpha value is -3.88. The average molecular weight is 565 g/mol. The number of carbonyl (C=O) groups is 4. The maximum absolute atomic E-state index is 14.4. The predicted molar refractivity (Wildman–Crippen MR) is 159 cm³/mol. The number of nitrogens with zero attached hydrogens (tertiary/aromatic N) is 1. The summed E-state index contributed by atoms with van der Waals surface area (Å²) >= 11 is 0. The first-order chi connectivity index (χ1) is 19.2. The number of anilines is 1. The van der Waals surface area contributed by atoms with Crippen LogP contribution < -0.4 is 16.4 Å². The monoisotopic (exact) mass is 564 g/mol. The molecule has 0 saturated heterocycles. The summed E-state index contributed by atoms with van der Waals surface area (Å²) in [6.45, 7) is 12.9. The fraction of sp³-hybridized carbons (Fsp3) is 0.500. The highest BCUT2D eigenvalue weighted by Gasteiger charge is 2.42. The molecule has 4 N–H and O–H groups in total. The minimum absolute atomic E-state index is 0.0191. The number of nitrogens with one attached hydrogen (secondary N) is 2. The van der Waals surface area contributed by atoms with Crippen molar-refractivity contribution in [2.75, 3.05) is 5.32 Å². The van der Waals surface area contributed by atoms with E-state index >= 15 is 0 Å². The second-order valence-corrected chi connectivity index (χ2v) is 12.1. The zero-order valence-corrected chi connectivity index (χ0v) is 25.3. The number of primary amides is 1. The van der Waals surface area contributed by atoms with Crippen molar-refractivity contribution in [2.45, 2.75) is 104 Å². The van der Waals surface area contributed by atoms with Gasteiger partial charge >= 0.3 is 6.09 Å². The Labute approximate surface area is 243 Å². The molecule has 3 rings (SSSR count). The van der Waals surface area contributed by atoms with Crippen LogP contribution in [0.4, 0.5) is 10.5 Å². The Morgan fingerprint density at radius 3 is 2.15 bits per heavy atom. The lowest BCUT2D eigenvalue weighted by Gasteiger charge is -2.44. The number of benzene rings is 2. The molecule has 1 aliphatic carbocycles. The summed E-state index contributed by atoms with van der Waals surface area (Å²) in [5.74, 6) is -1.40. The lowest BCUT2D eigenvalue weighted by molar-refractivity contribution is -0.146. The average Bonchev–Trinajstić information content (AvgIpc) is 2.82. The van der Waals surface area contributed by atoms with Gasteiger partial charge in [-0.3, -0.25) is 14.4 Å². The molecule has 41 heavy (non-hydrogen) atoms. The van der Waals surface area contributed by atoms with Gasteiger partial charge in [-0.2, -0.15) is 0 Å². The van der Waals surface area contributed by atoms with Crippen LogP contribution in [0.15, 0.2) is 36.4 Å². The number of para-hydroxylation sites is 1. The lowest BCUT2D eigenvalue weighted by Crippen LogP contribution is -2.57. The van der Waals surface area contributed by atoms with Crippen LogP contribution in [-0.2, 0) is 19.1 Å². The highest BCUT2D eigenvalue weighted by Crippen LogP contribution is 2.36. The van der Waals surface area contributed by atoms with E-state index in [1.165, 1.54) is 0 Å². The molecule has 0 aliphatic heterocycles. The predicted octanol–water partition coefficient (Wildman–Crippen LogP) is 5.14. The van der Waals surface area contributed by atoms with Gasteiger partial charge in [0, 0.05) is 18.2 Å². The van der Waals surface area contributed by atoms with Crippen LogP contribution in [0.1, 0.15) is 86.7 Å². The summed E-state index contributed by atoms with van der Waals surface area (Å²) in [6, 6.07) is 9.28. The number of alkyl carbamates (subject to hydrolysis) is 1. The van der Waals surface area contributed by atoms with E-state index in [9.17, 15) is 19.2 Å². The molecule has 0 aromatic heterocycles. The minimum Gasteiger partial charge on any atom is -0.444 e. The smallest absolute Gasteiger partial charge is 0.408 e. The van der Waals surface area contributed by atoms with Gasteiger partial charge in [-0.15, -0.1) is 0 Å². The van der Waals surface area contributed by atoms with E-state index in [1.807, 2.05) is 64.1 Å². The molecule has 9 nitrogen and oxygen atoms in total. The lowest BCUT2D eigenvalue weighted by atomic mass is 9.86. The molecule has 1 aliphatic rings. The van der Waals surface area contributed by atoms with Crippen molar-refractivity contribution in [1.82, 2.24) is 10.2 Å². The molecule has 2 aromatic rings. The third kappa shape index (κ3) is 8.31. The Bertz CT molecular complexity index is 1280. The molecular weight excluding hydrogens is 520 g/mol. The number of nitrogens with two attached hydrogens (primary N) is 1. The van der Waals surface area contributed by atoms with Gasteiger partial charge in [-0.1, -0.05) is 42.0 Å². The highest BCUT2D eigenvalue weighted by molar-refractivity contribution is 6.00. The fourth-order valence-corrected chi connectivity index (χ4v) is 5.11. The SMILES string of the molecule is Cc1ccc(C(C(=O)Nc2c(C)cccc2C)N(C(=O)C(CCC(N)=O)NC(=O)OC(C)(C)C)C2CCC2)c(C)c1. The van der Waals surface area contributed by atoms with E-state index in [0.29, 0.717) is 11.3 Å². The van der Waals surface area contributed by atoms with Gasteiger partial charge in [-0.05, 0) is 96.4 Å². The van der Waals surface area contributed by atoms with Crippen molar-refractivity contribution in [2.24, 2.45) is 5.73 Å². The number of amides is 4. The molecule has 222 valence electrons. The van der Waals surface area contributed by atoms with Gasteiger partial charge < -0.3 is 26.0 Å². The Morgan fingerprint density at radius 1 is 1.00 bits per heavy atom. The van der Waals surface area contributed by atoms with Crippen LogP contribution in [0.3, 0.4) is 0 Å². The van der Waals surface area contributed by atoms with Crippen molar-refractivity contribution in [1.29, 1.82) is 0 Å². The Morgan fingerprint density at radius 2 is 1.63 bits per heavy atom. The molecule has 2 atom stereocenters. The summed E-state index contributed by atoms with van der Waals surface area (Å²) in [5.41, 5.74) is 9.75. The molecule has 0 bridgehead atoms. The number of aryl methyl sites for hydroxylation is 4. The number of rotatable bonds is 10. The van der Waals surface area contributed by atoms with Gasteiger partial charge in [-0.25, -0.2) is 4.79 Å². The van der Waals surface area contributed by atoms with Crippen LogP contribution >= 0.6 is 0 Å². The number of hydrogen-bond acceptors (Lipinski definition) is 5. The Kier molecular flexibility index (Phi) is 10.2. The largest absolute Gasteiger partial charge is 0.444 e. The zero-order chi connectivity index (χ0) is 30.5. The third-order valence-corrected chi connectivity index (χ3v) is 7.37. The topological polar surface area (TPSA) is 131 Å². The second kappa shape index (κ2) is 13.2. The quantitative estimate of drug-likeness (QED) is 0.368. The van der Waals surface area contributed by atoms with Crippen LogP contribution in [0.25, 0.3) is 0 Å². The zero-order valence-electron chi connectivity index (χ0n) is 25.3. The standard InChI is InChI=1S/C32H44N4O5/c1-19-14-15-24(22(4)18-19)28(29(38)35-27-20(2)10-8-11-21(27)3)36(23-12-9-13-23)30(39)25(16-17-26(33)37)34-31(40)41-32(5,6)7/h8,10-11,14-15,18,23,25,28H,9,12-13,16-17H2,1-7H3,(H2,33,37)(H,34,40)(H,35,38). The van der Waals surface area contributed by atoms with Gasteiger partial charge in [0.25, 0.3) is 5.91 Å². The van der Waals surface area contributed by atoms with Gasteiger partial charge in [0.15, 0.2) is 0 Å².